The molecule has 0 radical (unpaired) electrons. The summed E-state index contributed by atoms with van der Waals surface area (Å²) >= 11 is 3.05. The summed E-state index contributed by atoms with van der Waals surface area (Å²) < 4.78 is 0. The molecule has 0 aliphatic heterocycles. The molecule has 7 heteroatoms. The van der Waals surface area contributed by atoms with E-state index in [0.29, 0.717) is 11.5 Å². The molecule has 0 amide bonds. The second kappa shape index (κ2) is 8.45. The van der Waals surface area contributed by atoms with Gasteiger partial charge in [-0.25, -0.2) is 19.9 Å². The summed E-state index contributed by atoms with van der Waals surface area (Å²) in [5, 5.41) is 1.73. The molecule has 0 saturated carbocycles. The zero-order valence-electron chi connectivity index (χ0n) is 12.1. The molecule has 0 spiro atoms. The van der Waals surface area contributed by atoms with Crippen LogP contribution in [0.4, 0.5) is 0 Å². The summed E-state index contributed by atoms with van der Waals surface area (Å²) in [7, 11) is 0. The Balaban J connectivity index is 2.02. The van der Waals surface area contributed by atoms with Gasteiger partial charge in [0.15, 0.2) is 11.6 Å². The summed E-state index contributed by atoms with van der Waals surface area (Å²) in [4.78, 5) is 28.3. The lowest BCUT2D eigenvalue weighted by Gasteiger charge is -1.96. The number of nitrogens with zero attached hydrogens (tertiary/aromatic N) is 4. The highest BCUT2D eigenvalue weighted by molar-refractivity contribution is 7.98. The Kier molecular flexibility index (Phi) is 6.29. The van der Waals surface area contributed by atoms with E-state index in [1.54, 1.807) is 18.3 Å². The minimum atomic E-state index is -0.150. The van der Waals surface area contributed by atoms with E-state index in [1.165, 1.54) is 42.0 Å². The number of hydrogen-bond donors (Lipinski definition) is 0. The van der Waals surface area contributed by atoms with Crippen LogP contribution >= 0.6 is 23.5 Å². The van der Waals surface area contributed by atoms with Gasteiger partial charge >= 0.3 is 0 Å². The molecule has 22 heavy (non-hydrogen) atoms. The lowest BCUT2D eigenvalue weighted by atomic mass is 10.3. The van der Waals surface area contributed by atoms with E-state index in [4.69, 9.17) is 0 Å². The van der Waals surface area contributed by atoms with Crippen molar-refractivity contribution in [2.24, 2.45) is 0 Å². The fraction of sp³-hybridized carbons (Fsp3) is 0.133. The highest BCUT2D eigenvalue weighted by atomic mass is 32.2. The maximum absolute atomic E-state index is 11.8. The van der Waals surface area contributed by atoms with Gasteiger partial charge in [0.1, 0.15) is 6.33 Å². The Bertz CT molecular complexity index is 657. The molecule has 112 valence electrons. The summed E-state index contributed by atoms with van der Waals surface area (Å²) in [5.41, 5.74) is 0.696. The van der Waals surface area contributed by atoms with E-state index in [0.717, 1.165) is 10.1 Å². The van der Waals surface area contributed by atoms with E-state index in [9.17, 15) is 4.79 Å². The van der Waals surface area contributed by atoms with E-state index >= 15 is 0 Å². The van der Waals surface area contributed by atoms with Crippen molar-refractivity contribution in [2.75, 3.05) is 12.5 Å². The highest BCUT2D eigenvalue weighted by Gasteiger charge is 1.97. The van der Waals surface area contributed by atoms with E-state index in [-0.39, 0.29) is 5.78 Å². The van der Waals surface area contributed by atoms with Gasteiger partial charge < -0.3 is 0 Å². The van der Waals surface area contributed by atoms with Gasteiger partial charge in [0, 0.05) is 6.20 Å². The van der Waals surface area contributed by atoms with E-state index in [2.05, 4.69) is 19.9 Å². The molecule has 0 bridgehead atoms. The van der Waals surface area contributed by atoms with Gasteiger partial charge in [-0.1, -0.05) is 0 Å². The average Bonchev–Trinajstić information content (AvgIpc) is 2.58. The Labute approximate surface area is 137 Å². The Hall–Kier alpha value is -1.99. The molecule has 0 aliphatic rings. The topological polar surface area (TPSA) is 68.6 Å². The third-order valence-electron chi connectivity index (χ3n) is 2.55. The van der Waals surface area contributed by atoms with Gasteiger partial charge in [0.2, 0.25) is 0 Å². The van der Waals surface area contributed by atoms with Gasteiger partial charge in [-0.05, 0) is 48.9 Å². The second-order valence-electron chi connectivity index (χ2n) is 4.01. The largest absolute Gasteiger partial charge is 0.290 e. The SMILES string of the molecule is CSc1cc(C=CC(=O)C=Cc2nccc(SC)n2)ncn1. The van der Waals surface area contributed by atoms with Crippen LogP contribution in [0.3, 0.4) is 0 Å². The monoisotopic (exact) mass is 330 g/mol. The molecule has 0 aromatic carbocycles. The molecule has 0 saturated heterocycles. The van der Waals surface area contributed by atoms with Gasteiger partial charge in [0.25, 0.3) is 0 Å². The molecule has 0 N–H and O–H groups in total. The summed E-state index contributed by atoms with van der Waals surface area (Å²) in [6.45, 7) is 0. The van der Waals surface area contributed by atoms with Gasteiger partial charge in [-0.3, -0.25) is 4.79 Å². The van der Waals surface area contributed by atoms with Crippen LogP contribution < -0.4 is 0 Å². The zero-order valence-corrected chi connectivity index (χ0v) is 13.8. The Morgan fingerprint density at radius 2 is 1.82 bits per heavy atom. The molecule has 2 aromatic heterocycles. The average molecular weight is 330 g/mol. The van der Waals surface area contributed by atoms with Crippen LogP contribution in [0.2, 0.25) is 0 Å². The summed E-state index contributed by atoms with van der Waals surface area (Å²) in [6.07, 6.45) is 13.2. The predicted molar refractivity (Wildman–Crippen MR) is 90.7 cm³/mol. The van der Waals surface area contributed by atoms with Crippen molar-refractivity contribution in [3.8, 4) is 0 Å². The first-order valence-corrected chi connectivity index (χ1v) is 8.79. The lowest BCUT2D eigenvalue weighted by molar-refractivity contribution is -0.110. The number of allylic oxidation sites excluding steroid dienone is 2. The van der Waals surface area contributed by atoms with Crippen LogP contribution in [0.1, 0.15) is 11.5 Å². The van der Waals surface area contributed by atoms with Crippen LogP contribution in [0.5, 0.6) is 0 Å². The van der Waals surface area contributed by atoms with E-state index in [1.807, 2.05) is 24.6 Å². The Morgan fingerprint density at radius 1 is 1.05 bits per heavy atom. The third-order valence-corrected chi connectivity index (χ3v) is 3.83. The number of hydrogen-bond acceptors (Lipinski definition) is 7. The van der Waals surface area contributed by atoms with Crippen LogP contribution in [-0.2, 0) is 4.79 Å². The van der Waals surface area contributed by atoms with Gasteiger partial charge in [0.05, 0.1) is 15.7 Å². The van der Waals surface area contributed by atoms with Crippen molar-refractivity contribution < 1.29 is 4.79 Å². The first-order valence-electron chi connectivity index (χ1n) is 6.34. The molecule has 0 aliphatic carbocycles. The number of carbonyl (C=O) groups is 1. The van der Waals surface area contributed by atoms with Crippen LogP contribution in [0.25, 0.3) is 12.2 Å². The fourth-order valence-electron chi connectivity index (χ4n) is 1.49. The predicted octanol–water partition coefficient (Wildman–Crippen LogP) is 3.01. The molecule has 5 nitrogen and oxygen atoms in total. The second-order valence-corrected chi connectivity index (χ2v) is 5.66. The van der Waals surface area contributed by atoms with E-state index < -0.39 is 0 Å². The van der Waals surface area contributed by atoms with Crippen molar-refractivity contribution in [1.29, 1.82) is 0 Å². The van der Waals surface area contributed by atoms with Crippen molar-refractivity contribution in [2.45, 2.75) is 10.1 Å². The van der Waals surface area contributed by atoms with Crippen molar-refractivity contribution >= 4 is 41.5 Å². The summed E-state index contributed by atoms with van der Waals surface area (Å²) in [5.74, 6) is 0.364. The normalized spacial score (nSPS) is 11.4. The minimum Gasteiger partial charge on any atom is -0.290 e. The fourth-order valence-corrected chi connectivity index (χ4v) is 2.26. The van der Waals surface area contributed by atoms with Gasteiger partial charge in [-0.15, -0.1) is 23.5 Å². The zero-order chi connectivity index (χ0) is 15.8. The smallest absolute Gasteiger partial charge is 0.178 e. The number of rotatable bonds is 6. The number of carbonyl (C=O) groups excluding carboxylic acids is 1. The molecular formula is C15H14N4OS2. The van der Waals surface area contributed by atoms with Crippen molar-refractivity contribution in [1.82, 2.24) is 19.9 Å². The van der Waals surface area contributed by atoms with Crippen LogP contribution in [0, 0.1) is 0 Å². The lowest BCUT2D eigenvalue weighted by Crippen LogP contribution is -1.91. The molecule has 0 atom stereocenters. The molecule has 2 aromatic rings. The molecule has 0 unspecified atom stereocenters. The maximum atomic E-state index is 11.8. The Morgan fingerprint density at radius 3 is 2.59 bits per heavy atom. The van der Waals surface area contributed by atoms with Crippen molar-refractivity contribution in [3.63, 3.8) is 0 Å². The first-order chi connectivity index (χ1) is 10.7. The van der Waals surface area contributed by atoms with Gasteiger partial charge in [-0.2, -0.15) is 0 Å². The standard InChI is InChI=1S/C15H14N4OS2/c1-21-14-7-8-16-13(19-14)6-5-12(20)4-3-11-9-15(22-2)18-10-17-11/h3-10H,1-2H3. The first kappa shape index (κ1) is 16.4. The van der Waals surface area contributed by atoms with Crippen LogP contribution in [0.15, 0.2) is 46.9 Å². The number of aromatic nitrogens is 4. The minimum absolute atomic E-state index is 0.150. The molecule has 2 heterocycles. The van der Waals surface area contributed by atoms with Crippen LogP contribution in [-0.4, -0.2) is 38.2 Å². The number of ketones is 1. The molecule has 2 rings (SSSR count). The maximum Gasteiger partial charge on any atom is 0.178 e. The molecular weight excluding hydrogens is 316 g/mol. The van der Waals surface area contributed by atoms with Crippen molar-refractivity contribution in [3.05, 3.63) is 48.3 Å². The third kappa shape index (κ3) is 5.09. The summed E-state index contributed by atoms with van der Waals surface area (Å²) in [6, 6.07) is 3.64. The highest BCUT2D eigenvalue weighted by Crippen LogP contribution is 2.12. The molecule has 0 fully saturated rings. The number of thioether (sulfide) groups is 2. The quantitative estimate of drug-likeness (QED) is 0.458.